The maximum atomic E-state index is 8.33. The van der Waals surface area contributed by atoms with E-state index >= 15 is 0 Å². The third kappa shape index (κ3) is 270. The molecule has 44 valence electrons. The molecule has 4 radical (unpaired) electrons. The van der Waals surface area contributed by atoms with Gasteiger partial charge in [0, 0.05) is 0 Å². The Balaban J connectivity index is -0.00000000750. The van der Waals surface area contributed by atoms with Gasteiger partial charge in [0.25, 0.3) is 0 Å². The van der Waals surface area contributed by atoms with E-state index in [1.807, 2.05) is 0 Å². The number of carboxylic acid groups (broad SMARTS) is 2. The fourth-order valence-corrected chi connectivity index (χ4v) is 0. The Morgan fingerprint density at radius 1 is 1.00 bits per heavy atom. The topological polar surface area (TPSA) is 120 Å². The van der Waals surface area contributed by atoms with Gasteiger partial charge in [-0.15, -0.1) is 0 Å². The summed E-state index contributed by atoms with van der Waals surface area (Å²) >= 11 is 0. The average molecular weight is 510 g/mol. The SMILES string of the molecule is O=C([O-])[O-].[Bi+3].[Bi+3].[O-2].[O-2]. The molecule has 0 aliphatic rings. The minimum atomic E-state index is -2.33. The molecule has 0 fully saturated rings. The van der Waals surface area contributed by atoms with Crippen LogP contribution in [-0.4, -0.2) is 58.6 Å². The monoisotopic (exact) mass is 510 g/mol. The van der Waals surface area contributed by atoms with Crippen molar-refractivity contribution in [2.75, 3.05) is 0 Å². The predicted octanol–water partition coefficient (Wildman–Crippen LogP) is -3.45. The van der Waals surface area contributed by atoms with Gasteiger partial charge in [0.05, 0.1) is 0 Å². The van der Waals surface area contributed by atoms with Gasteiger partial charge in [-0.1, -0.05) is 0 Å². The number of carbonyl (C=O) groups is 1. The Labute approximate surface area is 83.9 Å². The van der Waals surface area contributed by atoms with E-state index in [1.54, 1.807) is 0 Å². The molecule has 0 spiro atoms. The fraction of sp³-hybridized carbons (Fsp3) is 0. The van der Waals surface area contributed by atoms with Crippen LogP contribution in [0.5, 0.6) is 0 Å². The molecule has 0 aromatic carbocycles. The molecule has 0 atom stereocenters. The van der Waals surface area contributed by atoms with Crippen LogP contribution in [0.15, 0.2) is 0 Å². The zero-order chi connectivity index (χ0) is 3.58. The summed E-state index contributed by atoms with van der Waals surface area (Å²) in [6.45, 7) is 0. The maximum absolute atomic E-state index is 8.33. The zero-order valence-electron chi connectivity index (χ0n) is 3.44. The molecule has 0 rings (SSSR count). The first-order valence-electron chi connectivity index (χ1n) is 0.612. The average Bonchev–Trinajstić information content (AvgIpc) is 0.811. The normalized spacial score (nSPS) is 3.00. The third-order valence-corrected chi connectivity index (χ3v) is 0. The van der Waals surface area contributed by atoms with E-state index in [0.29, 0.717) is 0 Å². The van der Waals surface area contributed by atoms with Gasteiger partial charge in [-0.25, -0.2) is 0 Å². The Bertz CT molecular complexity index is 33.4. The molecule has 0 bridgehead atoms. The summed E-state index contributed by atoms with van der Waals surface area (Å²) in [7, 11) is 0. The van der Waals surface area contributed by atoms with Crippen molar-refractivity contribution in [1.82, 2.24) is 0 Å². The summed E-state index contributed by atoms with van der Waals surface area (Å²) in [5, 5.41) is 16.7. The molecular weight excluding hydrogens is 510 g/mol. The minimum Gasteiger partial charge on any atom is -2.00 e. The van der Waals surface area contributed by atoms with Crippen LogP contribution in [-0.2, 0) is 11.0 Å². The molecule has 7 heteroatoms. The van der Waals surface area contributed by atoms with Crippen molar-refractivity contribution in [3.63, 3.8) is 0 Å². The predicted molar refractivity (Wildman–Crippen MR) is 18.3 cm³/mol. The summed E-state index contributed by atoms with van der Waals surface area (Å²) < 4.78 is 0. The second kappa shape index (κ2) is 24.6. The van der Waals surface area contributed by atoms with Crippen LogP contribution < -0.4 is 10.2 Å². The zero-order valence-corrected chi connectivity index (χ0v) is 10.4. The van der Waals surface area contributed by atoms with Gasteiger partial charge in [0.2, 0.25) is 0 Å². The van der Waals surface area contributed by atoms with Crippen molar-refractivity contribution in [3.05, 3.63) is 0 Å². The number of carbonyl (C=O) groups excluding carboxylic acids is 1. The summed E-state index contributed by atoms with van der Waals surface area (Å²) in [6, 6.07) is 0. The van der Waals surface area contributed by atoms with Crippen molar-refractivity contribution in [2.24, 2.45) is 0 Å². The van der Waals surface area contributed by atoms with E-state index in [1.165, 1.54) is 0 Å². The Kier molecular flexibility index (Phi) is 111. The van der Waals surface area contributed by atoms with Crippen LogP contribution >= 0.6 is 0 Å². The van der Waals surface area contributed by atoms with Crippen molar-refractivity contribution >= 4 is 58.6 Å². The molecule has 0 unspecified atom stereocenters. The van der Waals surface area contributed by atoms with E-state index in [9.17, 15) is 0 Å². The molecule has 0 aliphatic carbocycles. The van der Waals surface area contributed by atoms with Crippen LogP contribution in [0.25, 0.3) is 0 Å². The Hall–Kier alpha value is 0.956. The maximum Gasteiger partial charge on any atom is 3.00 e. The molecule has 0 saturated heterocycles. The first-order valence-corrected chi connectivity index (χ1v) is 0.612. The molecule has 0 saturated carbocycles. The fourth-order valence-electron chi connectivity index (χ4n) is 0. The molecule has 0 aromatic rings. The first-order chi connectivity index (χ1) is 1.73. The van der Waals surface area contributed by atoms with Crippen molar-refractivity contribution in [2.45, 2.75) is 0 Å². The van der Waals surface area contributed by atoms with Crippen LogP contribution in [0.4, 0.5) is 4.79 Å². The van der Waals surface area contributed by atoms with Crippen LogP contribution in [0.3, 0.4) is 0 Å². The largest absolute Gasteiger partial charge is 3.00 e. The second-order valence-electron chi connectivity index (χ2n) is 0.250. The molecule has 0 amide bonds. The first kappa shape index (κ1) is 36.2. The summed E-state index contributed by atoms with van der Waals surface area (Å²) in [5.74, 6) is 0. The summed E-state index contributed by atoms with van der Waals surface area (Å²) in [4.78, 5) is 8.33. The molecule has 8 heavy (non-hydrogen) atoms. The smallest absolute Gasteiger partial charge is 2.00 e. The number of rotatable bonds is 0. The number of hydrogen-bond donors (Lipinski definition) is 0. The quantitative estimate of drug-likeness (QED) is 0.316. The van der Waals surface area contributed by atoms with Gasteiger partial charge in [-0.05, 0) is 6.16 Å². The van der Waals surface area contributed by atoms with E-state index in [4.69, 9.17) is 15.0 Å². The second-order valence-corrected chi connectivity index (χ2v) is 0.250. The minimum absolute atomic E-state index is 0. The number of hydrogen-bond acceptors (Lipinski definition) is 3. The van der Waals surface area contributed by atoms with Crippen molar-refractivity contribution in [3.8, 4) is 0 Å². The van der Waals surface area contributed by atoms with Crippen molar-refractivity contribution < 1.29 is 26.0 Å². The standard InChI is InChI=1S/CH2O3.2Bi.2O/c2-1(3)4;;;;/h(H2,2,3,4);;;;/q;2*+3;2*-2/p-2. The van der Waals surface area contributed by atoms with Gasteiger partial charge < -0.3 is 26.0 Å². The summed E-state index contributed by atoms with van der Waals surface area (Å²) in [5.41, 5.74) is 0. The molecule has 0 heterocycles. The van der Waals surface area contributed by atoms with E-state index < -0.39 is 6.16 Å². The van der Waals surface area contributed by atoms with Gasteiger partial charge >= 0.3 is 52.4 Å². The van der Waals surface area contributed by atoms with E-state index in [0.717, 1.165) is 0 Å². The summed E-state index contributed by atoms with van der Waals surface area (Å²) in [6.07, 6.45) is -2.33. The van der Waals surface area contributed by atoms with Gasteiger partial charge in [0.1, 0.15) is 0 Å². The van der Waals surface area contributed by atoms with Gasteiger partial charge in [0.15, 0.2) is 0 Å². The van der Waals surface area contributed by atoms with Crippen LogP contribution in [0.1, 0.15) is 0 Å². The molecule has 0 aromatic heterocycles. The Morgan fingerprint density at radius 2 is 1.00 bits per heavy atom. The molecule has 5 nitrogen and oxygen atoms in total. The van der Waals surface area contributed by atoms with Gasteiger partial charge in [-0.2, -0.15) is 0 Å². The van der Waals surface area contributed by atoms with E-state index in [-0.39, 0.29) is 63.4 Å². The van der Waals surface area contributed by atoms with Crippen molar-refractivity contribution in [1.29, 1.82) is 0 Å². The van der Waals surface area contributed by atoms with Gasteiger partial charge in [-0.3, -0.25) is 0 Å². The Morgan fingerprint density at radius 3 is 1.00 bits per heavy atom. The molecule has 0 aliphatic heterocycles. The molecular formula is CBi2O5. The van der Waals surface area contributed by atoms with E-state index in [2.05, 4.69) is 0 Å². The third-order valence-electron chi connectivity index (χ3n) is 0. The molecule has 0 N–H and O–H groups in total. The van der Waals surface area contributed by atoms with Crippen LogP contribution in [0.2, 0.25) is 0 Å². The van der Waals surface area contributed by atoms with Crippen LogP contribution in [0, 0.1) is 0 Å².